The van der Waals surface area contributed by atoms with Crippen molar-refractivity contribution < 1.29 is 31.9 Å². The molecule has 3 nitrogen and oxygen atoms in total. The zero-order valence-electron chi connectivity index (χ0n) is 8.58. The van der Waals surface area contributed by atoms with Gasteiger partial charge in [0.25, 0.3) is 0 Å². The van der Waals surface area contributed by atoms with Gasteiger partial charge in [-0.1, -0.05) is 0 Å². The zero-order chi connectivity index (χ0) is 14.0. The van der Waals surface area contributed by atoms with Crippen molar-refractivity contribution in [3.8, 4) is 0 Å². The van der Waals surface area contributed by atoms with Crippen molar-refractivity contribution >= 4 is 11.5 Å². The molecule has 1 rings (SSSR count). The van der Waals surface area contributed by atoms with Gasteiger partial charge in [0.1, 0.15) is 5.76 Å². The Morgan fingerprint density at radius 1 is 1.17 bits per heavy atom. The smallest absolute Gasteiger partial charge is 0.461 e. The molecule has 0 aliphatic rings. The molecule has 1 heterocycles. The number of alkyl halides is 5. The lowest BCUT2D eigenvalue weighted by atomic mass is 10.1. The first-order chi connectivity index (χ1) is 8.16. The summed E-state index contributed by atoms with van der Waals surface area (Å²) in [5.74, 6) is -9.07. The van der Waals surface area contributed by atoms with Crippen LogP contribution in [0.3, 0.4) is 0 Å². The van der Waals surface area contributed by atoms with Crippen molar-refractivity contribution in [1.82, 2.24) is 4.98 Å². The average molecular weight is 267 g/mol. The minimum Gasteiger partial charge on any atom is -0.507 e. The maximum Gasteiger partial charge on any atom is 0.461 e. The van der Waals surface area contributed by atoms with E-state index in [4.69, 9.17) is 0 Å². The van der Waals surface area contributed by atoms with Gasteiger partial charge in [0.15, 0.2) is 0 Å². The number of ketones is 1. The van der Waals surface area contributed by atoms with Crippen molar-refractivity contribution in [1.29, 1.82) is 0 Å². The van der Waals surface area contributed by atoms with E-state index in [1.807, 2.05) is 0 Å². The molecular weight excluding hydrogens is 261 g/mol. The number of aliphatic hydroxyl groups is 1. The van der Waals surface area contributed by atoms with Crippen LogP contribution in [0.15, 0.2) is 30.6 Å². The SMILES string of the molecule is O=C(C=C(O)c1ccncc1)C(F)(F)C(F)(F)F. The monoisotopic (exact) mass is 267 g/mol. The first-order valence-corrected chi connectivity index (χ1v) is 4.46. The molecule has 0 aromatic carbocycles. The van der Waals surface area contributed by atoms with E-state index in [0.29, 0.717) is 0 Å². The van der Waals surface area contributed by atoms with E-state index in [1.54, 1.807) is 0 Å². The Morgan fingerprint density at radius 2 is 1.67 bits per heavy atom. The summed E-state index contributed by atoms with van der Waals surface area (Å²) in [6, 6.07) is 2.29. The van der Waals surface area contributed by atoms with Crippen LogP contribution in [-0.2, 0) is 4.79 Å². The summed E-state index contributed by atoms with van der Waals surface area (Å²) in [4.78, 5) is 14.3. The van der Waals surface area contributed by atoms with Gasteiger partial charge < -0.3 is 5.11 Å². The number of halogens is 5. The lowest BCUT2D eigenvalue weighted by Gasteiger charge is -2.16. The molecule has 1 aromatic rings. The number of allylic oxidation sites excluding steroid dienone is 1. The summed E-state index contributed by atoms with van der Waals surface area (Å²) in [7, 11) is 0. The third-order valence-electron chi connectivity index (χ3n) is 1.91. The Labute approximate surface area is 97.6 Å². The van der Waals surface area contributed by atoms with E-state index >= 15 is 0 Å². The normalized spacial score (nSPS) is 13.5. The number of pyridine rings is 1. The number of rotatable bonds is 3. The van der Waals surface area contributed by atoms with Gasteiger partial charge in [0.05, 0.1) is 0 Å². The number of aliphatic hydroxyl groups excluding tert-OH is 1. The van der Waals surface area contributed by atoms with Gasteiger partial charge in [-0.2, -0.15) is 22.0 Å². The summed E-state index contributed by atoms with van der Waals surface area (Å²) in [6.45, 7) is 0. The highest BCUT2D eigenvalue weighted by molar-refractivity contribution is 6.00. The third kappa shape index (κ3) is 2.82. The fourth-order valence-corrected chi connectivity index (χ4v) is 0.961. The highest BCUT2D eigenvalue weighted by Crippen LogP contribution is 2.36. The molecule has 1 aromatic heterocycles. The molecule has 0 aliphatic carbocycles. The maximum atomic E-state index is 12.6. The lowest BCUT2D eigenvalue weighted by Crippen LogP contribution is -2.43. The molecule has 98 valence electrons. The number of hydrogen-bond donors (Lipinski definition) is 1. The second kappa shape index (κ2) is 4.71. The van der Waals surface area contributed by atoms with E-state index in [2.05, 4.69) is 4.98 Å². The second-order valence-corrected chi connectivity index (χ2v) is 3.20. The van der Waals surface area contributed by atoms with Crippen LogP contribution in [0.1, 0.15) is 5.56 Å². The Hall–Kier alpha value is -1.99. The molecule has 0 bridgehead atoms. The summed E-state index contributed by atoms with van der Waals surface area (Å²) >= 11 is 0. The van der Waals surface area contributed by atoms with Gasteiger partial charge in [-0.05, 0) is 12.1 Å². The van der Waals surface area contributed by atoms with E-state index in [9.17, 15) is 31.9 Å². The number of hydrogen-bond acceptors (Lipinski definition) is 3. The average Bonchev–Trinajstić information content (AvgIpc) is 2.28. The number of nitrogens with zero attached hydrogens (tertiary/aromatic N) is 1. The van der Waals surface area contributed by atoms with Crippen LogP contribution < -0.4 is 0 Å². The molecule has 0 atom stereocenters. The molecule has 0 spiro atoms. The Kier molecular flexibility index (Phi) is 3.68. The number of carbonyl (C=O) groups is 1. The van der Waals surface area contributed by atoms with Gasteiger partial charge in [-0.15, -0.1) is 0 Å². The molecule has 0 radical (unpaired) electrons. The third-order valence-corrected chi connectivity index (χ3v) is 1.91. The van der Waals surface area contributed by atoms with E-state index in [0.717, 1.165) is 12.1 Å². The molecule has 18 heavy (non-hydrogen) atoms. The van der Waals surface area contributed by atoms with E-state index in [1.165, 1.54) is 12.4 Å². The summed E-state index contributed by atoms with van der Waals surface area (Å²) in [5.41, 5.74) is -0.101. The van der Waals surface area contributed by atoms with Crippen LogP contribution >= 0.6 is 0 Å². The van der Waals surface area contributed by atoms with Crippen LogP contribution in [0.5, 0.6) is 0 Å². The highest BCUT2D eigenvalue weighted by atomic mass is 19.4. The lowest BCUT2D eigenvalue weighted by molar-refractivity contribution is -0.266. The van der Waals surface area contributed by atoms with Crippen LogP contribution in [0.25, 0.3) is 5.76 Å². The molecule has 0 saturated carbocycles. The van der Waals surface area contributed by atoms with Crippen molar-refractivity contribution in [3.05, 3.63) is 36.2 Å². The fraction of sp³-hybridized carbons (Fsp3) is 0.200. The molecule has 0 amide bonds. The summed E-state index contributed by atoms with van der Waals surface area (Å²) < 4.78 is 60.7. The fourth-order valence-electron chi connectivity index (χ4n) is 0.961. The molecule has 1 N–H and O–H groups in total. The van der Waals surface area contributed by atoms with Crippen LogP contribution in [0, 0.1) is 0 Å². The predicted molar refractivity (Wildman–Crippen MR) is 50.9 cm³/mol. The molecule has 0 aliphatic heterocycles. The predicted octanol–water partition coefficient (Wildman–Crippen LogP) is 2.75. The second-order valence-electron chi connectivity index (χ2n) is 3.20. The Balaban J connectivity index is 3.01. The minimum absolute atomic E-state index is 0.101. The number of carbonyl (C=O) groups excluding carboxylic acids is 1. The van der Waals surface area contributed by atoms with E-state index in [-0.39, 0.29) is 11.6 Å². The molecule has 0 saturated heterocycles. The first kappa shape index (κ1) is 14.1. The molecule has 8 heteroatoms. The maximum absolute atomic E-state index is 12.6. The van der Waals surface area contributed by atoms with Gasteiger partial charge in [-0.25, -0.2) is 0 Å². The van der Waals surface area contributed by atoms with E-state index < -0.39 is 23.6 Å². The standard InChI is InChI=1S/C10H6F5NO2/c11-9(12,10(13,14)15)8(18)5-7(17)6-1-3-16-4-2-6/h1-5,17H. The van der Waals surface area contributed by atoms with Gasteiger partial charge >= 0.3 is 12.1 Å². The molecule has 0 fully saturated rings. The first-order valence-electron chi connectivity index (χ1n) is 4.46. The van der Waals surface area contributed by atoms with Crippen molar-refractivity contribution in [2.24, 2.45) is 0 Å². The van der Waals surface area contributed by atoms with Crippen molar-refractivity contribution in [2.75, 3.05) is 0 Å². The zero-order valence-corrected chi connectivity index (χ0v) is 8.58. The van der Waals surface area contributed by atoms with Gasteiger partial charge in [-0.3, -0.25) is 9.78 Å². The summed E-state index contributed by atoms with van der Waals surface area (Å²) in [5, 5.41) is 9.23. The van der Waals surface area contributed by atoms with Crippen LogP contribution in [-0.4, -0.2) is 28.0 Å². The largest absolute Gasteiger partial charge is 0.507 e. The highest BCUT2D eigenvalue weighted by Gasteiger charge is 2.62. The molecule has 0 unspecified atom stereocenters. The topological polar surface area (TPSA) is 50.2 Å². The quantitative estimate of drug-likeness (QED) is 0.520. The Bertz CT molecular complexity index is 467. The summed E-state index contributed by atoms with van der Waals surface area (Å²) in [6.07, 6.45) is -3.82. The minimum atomic E-state index is -6.00. The Morgan fingerprint density at radius 3 is 2.11 bits per heavy atom. The number of aromatic nitrogens is 1. The molecular formula is C10H6F5NO2. The van der Waals surface area contributed by atoms with Crippen LogP contribution in [0.2, 0.25) is 0 Å². The van der Waals surface area contributed by atoms with Gasteiger partial charge in [0.2, 0.25) is 5.78 Å². The van der Waals surface area contributed by atoms with Crippen LogP contribution in [0.4, 0.5) is 22.0 Å². The van der Waals surface area contributed by atoms with Crippen molar-refractivity contribution in [3.63, 3.8) is 0 Å². The van der Waals surface area contributed by atoms with Gasteiger partial charge in [0, 0.05) is 24.0 Å². The van der Waals surface area contributed by atoms with Crippen molar-refractivity contribution in [2.45, 2.75) is 12.1 Å².